The number of fused-ring (bicyclic) bond motifs is 13. The smallest absolute Gasteiger partial charge is 0.235 e. The second kappa shape index (κ2) is 8.64. The van der Waals surface area contributed by atoms with Crippen LogP contribution >= 0.6 is 22.7 Å². The van der Waals surface area contributed by atoms with Crippen LogP contribution in [-0.4, -0.2) is 24.5 Å². The summed E-state index contributed by atoms with van der Waals surface area (Å²) in [6.07, 6.45) is 3.61. The van der Waals surface area contributed by atoms with Gasteiger partial charge in [-0.05, 0) is 18.2 Å². The van der Waals surface area contributed by atoms with Gasteiger partial charge in [-0.1, -0.05) is 84.9 Å². The van der Waals surface area contributed by atoms with Crippen molar-refractivity contribution in [3.05, 3.63) is 116 Å². The highest BCUT2D eigenvalue weighted by Gasteiger charge is 2.26. The number of hydrogen-bond acceptors (Lipinski definition) is 6. The quantitative estimate of drug-likeness (QED) is 0.203. The lowest BCUT2D eigenvalue weighted by molar-refractivity contribution is 1.02. The molecule has 43 heavy (non-hydrogen) atoms. The van der Waals surface area contributed by atoms with E-state index in [1.54, 1.807) is 17.7 Å². The molecule has 5 aromatic heterocycles. The monoisotopic (exact) mass is 585 g/mol. The first-order valence-corrected chi connectivity index (χ1v) is 15.7. The Morgan fingerprint density at radius 2 is 1.35 bits per heavy atom. The molecule has 0 fully saturated rings. The molecule has 0 amide bonds. The molecule has 0 aliphatic carbocycles. The number of thiophene rings is 2. The van der Waals surface area contributed by atoms with Gasteiger partial charge in [0.15, 0.2) is 0 Å². The SMILES string of the molecule is c1ccc(-c2nc(-n3c4ccccc4c4c5c6cncnc6sc5c5c6ccccc6sc5c43)nc3ccccc23)cc1. The van der Waals surface area contributed by atoms with Crippen molar-refractivity contribution in [3.63, 3.8) is 0 Å². The Labute approximate surface area is 252 Å². The Balaban J connectivity index is 1.48. The maximum atomic E-state index is 5.34. The number of rotatable bonds is 2. The molecule has 200 valence electrons. The number of hydrogen-bond donors (Lipinski definition) is 0. The zero-order chi connectivity index (χ0) is 28.1. The lowest BCUT2D eigenvalue weighted by Gasteiger charge is -2.12. The van der Waals surface area contributed by atoms with E-state index in [9.17, 15) is 0 Å². The summed E-state index contributed by atoms with van der Waals surface area (Å²) in [5.74, 6) is 0.664. The van der Waals surface area contributed by atoms with Crippen LogP contribution in [0.1, 0.15) is 0 Å². The summed E-state index contributed by atoms with van der Waals surface area (Å²) in [7, 11) is 0. The third kappa shape index (κ3) is 3.15. The average Bonchev–Trinajstić information content (AvgIpc) is 3.74. The van der Waals surface area contributed by atoms with Crippen molar-refractivity contribution in [3.8, 4) is 17.2 Å². The van der Waals surface area contributed by atoms with Crippen molar-refractivity contribution in [2.24, 2.45) is 0 Å². The van der Waals surface area contributed by atoms with Crippen LogP contribution in [0.15, 0.2) is 116 Å². The zero-order valence-electron chi connectivity index (χ0n) is 22.5. The third-order valence-electron chi connectivity index (χ3n) is 8.37. The van der Waals surface area contributed by atoms with Crippen molar-refractivity contribution >= 4 is 95.9 Å². The van der Waals surface area contributed by atoms with Crippen molar-refractivity contribution in [1.29, 1.82) is 0 Å². The molecule has 7 heteroatoms. The summed E-state index contributed by atoms with van der Waals surface area (Å²) in [4.78, 5) is 20.7. The molecule has 0 saturated heterocycles. The van der Waals surface area contributed by atoms with Gasteiger partial charge in [0.2, 0.25) is 5.95 Å². The Kier molecular flexibility index (Phi) is 4.69. The molecule has 10 aromatic rings. The van der Waals surface area contributed by atoms with Gasteiger partial charge in [0.1, 0.15) is 11.2 Å². The predicted octanol–water partition coefficient (Wildman–Crippen LogP) is 9.92. The zero-order valence-corrected chi connectivity index (χ0v) is 24.2. The van der Waals surface area contributed by atoms with Gasteiger partial charge < -0.3 is 0 Å². The van der Waals surface area contributed by atoms with Gasteiger partial charge >= 0.3 is 0 Å². The largest absolute Gasteiger partial charge is 0.276 e. The minimum Gasteiger partial charge on any atom is -0.276 e. The van der Waals surface area contributed by atoms with E-state index in [0.717, 1.165) is 43.4 Å². The number of benzene rings is 5. The summed E-state index contributed by atoms with van der Waals surface area (Å²) >= 11 is 3.59. The van der Waals surface area contributed by atoms with Crippen LogP contribution in [0.25, 0.3) is 90.4 Å². The highest BCUT2D eigenvalue weighted by Crippen LogP contribution is 2.51. The molecule has 0 spiro atoms. The molecule has 0 aliphatic heterocycles. The van der Waals surface area contributed by atoms with E-state index in [4.69, 9.17) is 15.0 Å². The van der Waals surface area contributed by atoms with Gasteiger partial charge in [-0.25, -0.2) is 19.9 Å². The lowest BCUT2D eigenvalue weighted by atomic mass is 10.0. The average molecular weight is 586 g/mol. The fourth-order valence-electron chi connectivity index (χ4n) is 6.60. The van der Waals surface area contributed by atoms with Crippen LogP contribution in [-0.2, 0) is 0 Å². The van der Waals surface area contributed by atoms with E-state index in [1.165, 1.54) is 41.0 Å². The predicted molar refractivity (Wildman–Crippen MR) is 181 cm³/mol. The maximum absolute atomic E-state index is 5.34. The van der Waals surface area contributed by atoms with Gasteiger partial charge in [-0.3, -0.25) is 4.57 Å². The highest BCUT2D eigenvalue weighted by molar-refractivity contribution is 7.30. The Hall–Kier alpha value is -5.24. The van der Waals surface area contributed by atoms with E-state index in [1.807, 2.05) is 29.7 Å². The normalized spacial score (nSPS) is 12.2. The summed E-state index contributed by atoms with van der Waals surface area (Å²) in [5.41, 5.74) is 5.12. The standard InChI is InChI=1S/C36H19N5S2/c1-2-10-20(11-3-1)31-21-12-4-7-15-25(21)39-36(40-31)41-26-16-8-5-13-22(26)28-29-24-18-37-19-38-35(24)43-33(29)30-23-14-6-9-17-27(23)42-34(30)32(28)41/h1-19H. The fraction of sp³-hybridized carbons (Fsp3) is 0. The molecule has 5 heterocycles. The van der Waals surface area contributed by atoms with Crippen LogP contribution in [0.5, 0.6) is 0 Å². The second-order valence-corrected chi connectivity index (χ2v) is 12.7. The lowest BCUT2D eigenvalue weighted by Crippen LogP contribution is -2.03. The van der Waals surface area contributed by atoms with Gasteiger partial charge in [0.05, 0.1) is 26.9 Å². The molecule has 0 bridgehead atoms. The minimum absolute atomic E-state index is 0.664. The summed E-state index contributed by atoms with van der Waals surface area (Å²) in [5, 5.41) is 8.21. The Bertz CT molecular complexity index is 2740. The highest BCUT2D eigenvalue weighted by atomic mass is 32.1. The van der Waals surface area contributed by atoms with Gasteiger partial charge in [0, 0.05) is 58.9 Å². The minimum atomic E-state index is 0.664. The maximum Gasteiger partial charge on any atom is 0.235 e. The molecule has 0 saturated carbocycles. The molecule has 0 unspecified atom stereocenters. The van der Waals surface area contributed by atoms with Gasteiger partial charge in [-0.15, -0.1) is 22.7 Å². The van der Waals surface area contributed by atoms with E-state index < -0.39 is 0 Å². The topological polar surface area (TPSA) is 56.5 Å². The molecule has 5 nitrogen and oxygen atoms in total. The first-order chi connectivity index (χ1) is 21.3. The second-order valence-electron chi connectivity index (χ2n) is 10.7. The third-order valence-corrected chi connectivity index (χ3v) is 10.7. The van der Waals surface area contributed by atoms with Crippen molar-refractivity contribution in [2.45, 2.75) is 0 Å². The molecular formula is C36H19N5S2. The van der Waals surface area contributed by atoms with Crippen LogP contribution < -0.4 is 0 Å². The van der Waals surface area contributed by atoms with Crippen molar-refractivity contribution < 1.29 is 0 Å². The van der Waals surface area contributed by atoms with E-state index >= 15 is 0 Å². The van der Waals surface area contributed by atoms with Crippen LogP contribution in [0.4, 0.5) is 0 Å². The number of para-hydroxylation sites is 2. The molecule has 0 atom stereocenters. The number of nitrogens with zero attached hydrogens (tertiary/aromatic N) is 5. The molecule has 0 aliphatic rings. The Morgan fingerprint density at radius 3 is 2.26 bits per heavy atom. The van der Waals surface area contributed by atoms with Gasteiger partial charge in [-0.2, -0.15) is 0 Å². The van der Waals surface area contributed by atoms with Crippen LogP contribution in [0.2, 0.25) is 0 Å². The van der Waals surface area contributed by atoms with Crippen molar-refractivity contribution in [2.75, 3.05) is 0 Å². The molecule has 0 radical (unpaired) electrons. The Morgan fingerprint density at radius 1 is 0.581 bits per heavy atom. The first-order valence-electron chi connectivity index (χ1n) is 14.1. The van der Waals surface area contributed by atoms with Crippen molar-refractivity contribution in [1.82, 2.24) is 24.5 Å². The summed E-state index contributed by atoms with van der Waals surface area (Å²) in [6.45, 7) is 0. The van der Waals surface area contributed by atoms with Crippen LogP contribution in [0.3, 0.4) is 0 Å². The molecule has 0 N–H and O–H groups in total. The molecule has 5 aromatic carbocycles. The number of aromatic nitrogens is 5. The van der Waals surface area contributed by atoms with E-state index in [2.05, 4.69) is 101 Å². The van der Waals surface area contributed by atoms with Crippen LogP contribution in [0, 0.1) is 0 Å². The summed E-state index contributed by atoms with van der Waals surface area (Å²) in [6, 6.07) is 36.0. The van der Waals surface area contributed by atoms with Gasteiger partial charge in [0.25, 0.3) is 0 Å². The van der Waals surface area contributed by atoms with E-state index in [0.29, 0.717) is 5.95 Å². The summed E-state index contributed by atoms with van der Waals surface area (Å²) < 4.78 is 6.03. The first kappa shape index (κ1) is 23.3. The fourth-order valence-corrected chi connectivity index (χ4v) is 9.10. The van der Waals surface area contributed by atoms with E-state index in [-0.39, 0.29) is 0 Å². The molecular weight excluding hydrogens is 567 g/mol. The molecule has 10 rings (SSSR count).